The van der Waals surface area contributed by atoms with Crippen LogP contribution in [0.5, 0.6) is 0 Å². The summed E-state index contributed by atoms with van der Waals surface area (Å²) in [5.74, 6) is -0.300. The maximum Gasteiger partial charge on any atom is 0.245 e. The fourth-order valence-electron chi connectivity index (χ4n) is 4.96. The number of hydrogen-bond donors (Lipinski definition) is 1. The number of hydrogen-bond acceptors (Lipinski definition) is 5. The standard InChI is InChI=1S/C21H30N4O3.C8H10FN/c1-3-4-5-9-12-23-14-19-24(16-26)22(2)15-20(27)25(19)18(21(23)28)13-17-10-7-6-8-11-17;1-10-6-7-2-4-8(9)5-3-7/h6-8,10-11,16,18-19H,3-5,9,12-15H2,1-2H3;2-5,10H,6H2,1H3/t18-,19?;/m0./s1. The van der Waals surface area contributed by atoms with Crippen molar-refractivity contribution in [2.75, 3.05) is 33.7 Å². The molecule has 0 radical (unpaired) electrons. The Bertz CT molecular complexity index is 1040. The SMILES string of the molecule is CCCCCCN1CC2N(C(=O)CN(C)N2C=O)[C@@H](Cc2ccccc2)C1=O.CNCc1ccc(F)cc1. The van der Waals surface area contributed by atoms with E-state index >= 15 is 0 Å². The Morgan fingerprint density at radius 1 is 1.00 bits per heavy atom. The predicted octanol–water partition coefficient (Wildman–Crippen LogP) is 3.04. The third kappa shape index (κ3) is 7.61. The number of likely N-dealkylation sites (N-methyl/N-ethyl adjacent to an activating group) is 1. The molecule has 8 nitrogen and oxygen atoms in total. The van der Waals surface area contributed by atoms with Crippen molar-refractivity contribution in [2.45, 2.75) is 57.8 Å². The monoisotopic (exact) mass is 525 g/mol. The molecule has 2 fully saturated rings. The van der Waals surface area contributed by atoms with Gasteiger partial charge in [0.15, 0.2) is 0 Å². The molecular weight excluding hydrogens is 485 g/mol. The molecule has 0 saturated carbocycles. The molecule has 1 unspecified atom stereocenters. The lowest BCUT2D eigenvalue weighted by atomic mass is 9.98. The zero-order valence-corrected chi connectivity index (χ0v) is 22.7. The van der Waals surface area contributed by atoms with Gasteiger partial charge >= 0.3 is 0 Å². The lowest BCUT2D eigenvalue weighted by Crippen LogP contribution is -2.74. The number of hydrazine groups is 1. The maximum absolute atomic E-state index is 13.3. The van der Waals surface area contributed by atoms with Crippen molar-refractivity contribution >= 4 is 18.2 Å². The van der Waals surface area contributed by atoms with E-state index in [1.165, 1.54) is 12.1 Å². The van der Waals surface area contributed by atoms with E-state index < -0.39 is 12.2 Å². The number of nitrogens with one attached hydrogen (secondary N) is 1. The van der Waals surface area contributed by atoms with E-state index in [0.717, 1.165) is 49.8 Å². The molecule has 9 heteroatoms. The normalized spacial score (nSPS) is 19.6. The maximum atomic E-state index is 13.3. The summed E-state index contributed by atoms with van der Waals surface area (Å²) in [5.41, 5.74) is 2.11. The number of unbranched alkanes of at least 4 members (excludes halogenated alkanes) is 3. The second-order valence-electron chi connectivity index (χ2n) is 9.79. The Labute approximate surface area is 225 Å². The minimum atomic E-state index is -0.573. The van der Waals surface area contributed by atoms with Crippen LogP contribution >= 0.6 is 0 Å². The van der Waals surface area contributed by atoms with E-state index in [-0.39, 0.29) is 24.2 Å². The van der Waals surface area contributed by atoms with Crippen molar-refractivity contribution in [3.8, 4) is 0 Å². The lowest BCUT2D eigenvalue weighted by Gasteiger charge is -2.53. The fourth-order valence-corrected chi connectivity index (χ4v) is 4.96. The highest BCUT2D eigenvalue weighted by atomic mass is 19.1. The van der Waals surface area contributed by atoms with Crippen molar-refractivity contribution in [3.05, 3.63) is 71.5 Å². The topological polar surface area (TPSA) is 76.2 Å². The van der Waals surface area contributed by atoms with Crippen LogP contribution in [0.25, 0.3) is 0 Å². The molecule has 38 heavy (non-hydrogen) atoms. The largest absolute Gasteiger partial charge is 0.337 e. The number of benzene rings is 2. The average Bonchev–Trinajstić information content (AvgIpc) is 2.91. The van der Waals surface area contributed by atoms with E-state index in [4.69, 9.17) is 0 Å². The molecule has 2 aliphatic rings. The van der Waals surface area contributed by atoms with Crippen LogP contribution in [0.2, 0.25) is 0 Å². The molecule has 2 saturated heterocycles. The average molecular weight is 526 g/mol. The molecule has 0 spiro atoms. The number of piperazine rings is 1. The first-order valence-electron chi connectivity index (χ1n) is 13.4. The molecule has 2 aromatic rings. The van der Waals surface area contributed by atoms with Gasteiger partial charge in [0, 0.05) is 26.6 Å². The summed E-state index contributed by atoms with van der Waals surface area (Å²) in [6.45, 7) is 4.08. The first-order chi connectivity index (χ1) is 18.4. The van der Waals surface area contributed by atoms with E-state index in [2.05, 4.69) is 12.2 Å². The van der Waals surface area contributed by atoms with Gasteiger partial charge in [-0.05, 0) is 36.7 Å². The van der Waals surface area contributed by atoms with Gasteiger partial charge in [0.1, 0.15) is 18.0 Å². The lowest BCUT2D eigenvalue weighted by molar-refractivity contribution is -0.196. The zero-order valence-electron chi connectivity index (χ0n) is 22.7. The smallest absolute Gasteiger partial charge is 0.245 e. The molecule has 0 bridgehead atoms. The number of carbonyl (C=O) groups is 3. The van der Waals surface area contributed by atoms with Crippen molar-refractivity contribution < 1.29 is 18.8 Å². The molecule has 4 rings (SSSR count). The number of amides is 3. The summed E-state index contributed by atoms with van der Waals surface area (Å²) >= 11 is 0. The first kappa shape index (κ1) is 29.3. The second kappa shape index (κ2) is 14.6. The summed E-state index contributed by atoms with van der Waals surface area (Å²) in [6, 6.07) is 15.6. The van der Waals surface area contributed by atoms with Crippen LogP contribution in [-0.4, -0.2) is 84.0 Å². The molecule has 3 amide bonds. The van der Waals surface area contributed by atoms with Crippen molar-refractivity contribution in [2.24, 2.45) is 0 Å². The summed E-state index contributed by atoms with van der Waals surface area (Å²) < 4.78 is 12.3. The van der Waals surface area contributed by atoms with E-state index in [9.17, 15) is 18.8 Å². The Balaban J connectivity index is 0.000000336. The Morgan fingerprint density at radius 2 is 1.71 bits per heavy atom. The van der Waals surface area contributed by atoms with Gasteiger partial charge in [0.2, 0.25) is 18.2 Å². The van der Waals surface area contributed by atoms with Gasteiger partial charge in [-0.1, -0.05) is 68.7 Å². The summed E-state index contributed by atoms with van der Waals surface area (Å²) in [4.78, 5) is 41.3. The van der Waals surface area contributed by atoms with Crippen LogP contribution < -0.4 is 5.32 Å². The molecule has 206 valence electrons. The third-order valence-corrected chi connectivity index (χ3v) is 6.94. The Morgan fingerprint density at radius 3 is 2.34 bits per heavy atom. The van der Waals surface area contributed by atoms with E-state index in [0.29, 0.717) is 19.5 Å². The van der Waals surface area contributed by atoms with Crippen LogP contribution in [0.3, 0.4) is 0 Å². The van der Waals surface area contributed by atoms with Gasteiger partial charge in [-0.25, -0.2) is 9.40 Å². The van der Waals surface area contributed by atoms with Gasteiger partial charge in [0.05, 0.1) is 13.1 Å². The van der Waals surface area contributed by atoms with Crippen LogP contribution in [0.1, 0.15) is 43.7 Å². The van der Waals surface area contributed by atoms with E-state index in [1.807, 2.05) is 42.3 Å². The third-order valence-electron chi connectivity index (χ3n) is 6.94. The quantitative estimate of drug-likeness (QED) is 0.381. The van der Waals surface area contributed by atoms with Crippen LogP contribution in [0.4, 0.5) is 4.39 Å². The number of halogens is 1. The van der Waals surface area contributed by atoms with Crippen LogP contribution in [0.15, 0.2) is 54.6 Å². The zero-order chi connectivity index (χ0) is 27.5. The molecule has 1 N–H and O–H groups in total. The second-order valence-corrected chi connectivity index (χ2v) is 9.79. The van der Waals surface area contributed by atoms with E-state index in [1.54, 1.807) is 34.1 Å². The van der Waals surface area contributed by atoms with Gasteiger partial charge in [0.25, 0.3) is 0 Å². The number of nitrogens with zero attached hydrogens (tertiary/aromatic N) is 4. The summed E-state index contributed by atoms with van der Waals surface area (Å²) in [6.07, 6.45) is 5.08. The molecule has 2 heterocycles. The van der Waals surface area contributed by atoms with Crippen molar-refractivity contribution in [3.63, 3.8) is 0 Å². The highest BCUT2D eigenvalue weighted by molar-refractivity contribution is 5.91. The number of rotatable bonds is 10. The fraction of sp³-hybridized carbons (Fsp3) is 0.483. The highest BCUT2D eigenvalue weighted by Gasteiger charge is 2.48. The molecular formula is C29H40FN5O3. The van der Waals surface area contributed by atoms with Crippen molar-refractivity contribution in [1.82, 2.24) is 25.1 Å². The van der Waals surface area contributed by atoms with Gasteiger partial charge < -0.3 is 15.1 Å². The minimum Gasteiger partial charge on any atom is -0.337 e. The minimum absolute atomic E-state index is 0.0136. The molecule has 2 atom stereocenters. The summed E-state index contributed by atoms with van der Waals surface area (Å²) in [7, 11) is 3.60. The molecule has 0 aliphatic carbocycles. The highest BCUT2D eigenvalue weighted by Crippen LogP contribution is 2.27. The summed E-state index contributed by atoms with van der Waals surface area (Å²) in [5, 5.41) is 6.17. The number of carbonyl (C=O) groups excluding carboxylic acids is 3. The molecule has 0 aromatic heterocycles. The van der Waals surface area contributed by atoms with Crippen LogP contribution in [-0.2, 0) is 27.3 Å². The van der Waals surface area contributed by atoms with Crippen LogP contribution in [0, 0.1) is 5.82 Å². The Kier molecular flexibility index (Phi) is 11.2. The molecule has 2 aromatic carbocycles. The number of fused-ring (bicyclic) bond motifs is 1. The first-order valence-corrected chi connectivity index (χ1v) is 13.4. The van der Waals surface area contributed by atoms with Crippen molar-refractivity contribution in [1.29, 1.82) is 0 Å². The van der Waals surface area contributed by atoms with Gasteiger partial charge in [-0.3, -0.25) is 19.4 Å². The molecule has 2 aliphatic heterocycles. The van der Waals surface area contributed by atoms with Gasteiger partial charge in [-0.15, -0.1) is 0 Å². The predicted molar refractivity (Wildman–Crippen MR) is 145 cm³/mol. The Hall–Kier alpha value is -3.30. The van der Waals surface area contributed by atoms with Gasteiger partial charge in [-0.2, -0.15) is 0 Å².